The van der Waals surface area contributed by atoms with E-state index in [0.717, 1.165) is 25.7 Å². The molecule has 0 amide bonds. The van der Waals surface area contributed by atoms with Crippen molar-refractivity contribution in [2.24, 2.45) is 0 Å². The number of nitrogens with one attached hydrogen (secondary N) is 2. The Morgan fingerprint density at radius 3 is 2.47 bits per heavy atom. The molecule has 1 aliphatic rings. The largest absolute Gasteiger partial charge is 0.468 e. The van der Waals surface area contributed by atoms with Gasteiger partial charge in [0.25, 0.3) is 0 Å². The van der Waals surface area contributed by atoms with Gasteiger partial charge in [-0.15, -0.1) is 0 Å². The molecule has 110 valence electrons. The van der Waals surface area contributed by atoms with Crippen molar-refractivity contribution in [3.63, 3.8) is 0 Å². The van der Waals surface area contributed by atoms with Crippen LogP contribution in [0.3, 0.4) is 0 Å². The summed E-state index contributed by atoms with van der Waals surface area (Å²) < 4.78 is 9.67. The molecule has 0 bridgehead atoms. The lowest BCUT2D eigenvalue weighted by atomic mass is 9.98. The lowest BCUT2D eigenvalue weighted by Gasteiger charge is -2.27. The molecule has 19 heavy (non-hydrogen) atoms. The van der Waals surface area contributed by atoms with Gasteiger partial charge in [0.05, 0.1) is 20.3 Å². The van der Waals surface area contributed by atoms with Crippen LogP contribution in [0.5, 0.6) is 0 Å². The van der Waals surface area contributed by atoms with Gasteiger partial charge in [-0.3, -0.25) is 9.59 Å². The monoisotopic (exact) mass is 272 g/mol. The van der Waals surface area contributed by atoms with E-state index in [-0.39, 0.29) is 18.5 Å². The molecule has 1 saturated carbocycles. The van der Waals surface area contributed by atoms with Crippen molar-refractivity contribution in [2.75, 3.05) is 33.4 Å². The molecule has 0 atom stereocenters. The highest BCUT2D eigenvalue weighted by Crippen LogP contribution is 2.30. The third-order valence-corrected chi connectivity index (χ3v) is 3.37. The van der Waals surface area contributed by atoms with E-state index >= 15 is 0 Å². The van der Waals surface area contributed by atoms with E-state index in [1.54, 1.807) is 6.92 Å². The van der Waals surface area contributed by atoms with Gasteiger partial charge in [0.15, 0.2) is 0 Å². The molecule has 0 aromatic rings. The predicted molar refractivity (Wildman–Crippen MR) is 70.7 cm³/mol. The van der Waals surface area contributed by atoms with Crippen LogP contribution in [-0.2, 0) is 19.1 Å². The normalized spacial score (nSPS) is 17.2. The van der Waals surface area contributed by atoms with Crippen LogP contribution in [0.25, 0.3) is 0 Å². The van der Waals surface area contributed by atoms with Crippen LogP contribution in [0, 0.1) is 0 Å². The molecule has 6 heteroatoms. The molecule has 0 spiro atoms. The topological polar surface area (TPSA) is 76.7 Å². The second-order valence-electron chi connectivity index (χ2n) is 4.69. The highest BCUT2D eigenvalue weighted by molar-refractivity contribution is 5.81. The summed E-state index contributed by atoms with van der Waals surface area (Å²) in [4.78, 5) is 22.9. The van der Waals surface area contributed by atoms with Crippen LogP contribution in [0.4, 0.5) is 0 Å². The van der Waals surface area contributed by atoms with Crippen molar-refractivity contribution in [1.29, 1.82) is 0 Å². The zero-order valence-corrected chi connectivity index (χ0v) is 11.8. The summed E-state index contributed by atoms with van der Waals surface area (Å²) >= 11 is 0. The minimum absolute atomic E-state index is 0.185. The summed E-state index contributed by atoms with van der Waals surface area (Å²) in [5.74, 6) is -0.443. The molecule has 1 rings (SSSR count). The van der Waals surface area contributed by atoms with Crippen molar-refractivity contribution in [2.45, 2.75) is 38.1 Å². The number of ether oxygens (including phenoxy) is 2. The van der Waals surface area contributed by atoms with Crippen LogP contribution in [0.15, 0.2) is 0 Å². The molecule has 0 radical (unpaired) electrons. The van der Waals surface area contributed by atoms with Gasteiger partial charge in [-0.05, 0) is 19.8 Å². The van der Waals surface area contributed by atoms with Gasteiger partial charge in [-0.1, -0.05) is 12.8 Å². The first-order valence-corrected chi connectivity index (χ1v) is 6.84. The third kappa shape index (κ3) is 4.80. The first kappa shape index (κ1) is 15.9. The van der Waals surface area contributed by atoms with Crippen LogP contribution >= 0.6 is 0 Å². The Morgan fingerprint density at radius 1 is 1.21 bits per heavy atom. The number of rotatable bonds is 8. The van der Waals surface area contributed by atoms with Crippen LogP contribution in [-0.4, -0.2) is 50.8 Å². The summed E-state index contributed by atoms with van der Waals surface area (Å²) in [6.07, 6.45) is 3.71. The van der Waals surface area contributed by atoms with E-state index in [9.17, 15) is 9.59 Å². The first-order valence-electron chi connectivity index (χ1n) is 6.84. The molecule has 2 N–H and O–H groups in total. The zero-order chi connectivity index (χ0) is 14.1. The van der Waals surface area contributed by atoms with E-state index in [0.29, 0.717) is 19.7 Å². The molecule has 6 nitrogen and oxygen atoms in total. The van der Waals surface area contributed by atoms with Gasteiger partial charge in [-0.25, -0.2) is 0 Å². The molecule has 1 aliphatic carbocycles. The number of esters is 2. The number of hydrogen-bond acceptors (Lipinski definition) is 6. The Labute approximate surface area is 114 Å². The van der Waals surface area contributed by atoms with E-state index in [1.807, 2.05) is 0 Å². The average Bonchev–Trinajstić information content (AvgIpc) is 2.87. The fourth-order valence-electron chi connectivity index (χ4n) is 2.42. The Balaban J connectivity index is 2.23. The lowest BCUT2D eigenvalue weighted by Crippen LogP contribution is -2.52. The molecule has 0 heterocycles. The second kappa shape index (κ2) is 8.12. The van der Waals surface area contributed by atoms with Gasteiger partial charge >= 0.3 is 11.9 Å². The highest BCUT2D eigenvalue weighted by atomic mass is 16.5. The van der Waals surface area contributed by atoms with Crippen LogP contribution < -0.4 is 10.6 Å². The summed E-state index contributed by atoms with van der Waals surface area (Å²) in [6.45, 7) is 3.59. The van der Waals surface area contributed by atoms with E-state index in [4.69, 9.17) is 9.47 Å². The second-order valence-corrected chi connectivity index (χ2v) is 4.69. The highest BCUT2D eigenvalue weighted by Gasteiger charge is 2.41. The van der Waals surface area contributed by atoms with Crippen molar-refractivity contribution >= 4 is 11.9 Å². The van der Waals surface area contributed by atoms with Gasteiger partial charge in [0.1, 0.15) is 5.54 Å². The Kier molecular flexibility index (Phi) is 6.80. The summed E-state index contributed by atoms with van der Waals surface area (Å²) in [5, 5.41) is 6.24. The standard InChI is InChI=1S/C13H24N2O4/c1-3-19-11(16)10-14-8-9-15-13(12(17)18-2)6-4-5-7-13/h14-15H,3-10H2,1-2H3. The molecule has 0 aromatic heterocycles. The van der Waals surface area contributed by atoms with Crippen molar-refractivity contribution in [3.8, 4) is 0 Å². The minimum Gasteiger partial charge on any atom is -0.468 e. The summed E-state index contributed by atoms with van der Waals surface area (Å²) in [6, 6.07) is 0. The van der Waals surface area contributed by atoms with Crippen LogP contribution in [0.2, 0.25) is 0 Å². The maximum absolute atomic E-state index is 11.8. The zero-order valence-electron chi connectivity index (χ0n) is 11.8. The SMILES string of the molecule is CCOC(=O)CNCCNC1(C(=O)OC)CCCC1. The van der Waals surface area contributed by atoms with E-state index < -0.39 is 5.54 Å². The summed E-state index contributed by atoms with van der Waals surface area (Å²) in [5.41, 5.74) is -0.527. The lowest BCUT2D eigenvalue weighted by molar-refractivity contribution is -0.148. The maximum atomic E-state index is 11.8. The Bertz CT molecular complexity index is 301. The molecule has 0 unspecified atom stereocenters. The molecule has 0 saturated heterocycles. The Morgan fingerprint density at radius 2 is 1.89 bits per heavy atom. The quantitative estimate of drug-likeness (QED) is 0.486. The molecular formula is C13H24N2O4. The number of hydrogen-bond donors (Lipinski definition) is 2. The fourth-order valence-corrected chi connectivity index (χ4v) is 2.42. The minimum atomic E-state index is -0.527. The Hall–Kier alpha value is -1.14. The fraction of sp³-hybridized carbons (Fsp3) is 0.846. The maximum Gasteiger partial charge on any atom is 0.326 e. The smallest absolute Gasteiger partial charge is 0.326 e. The van der Waals surface area contributed by atoms with Crippen LogP contribution in [0.1, 0.15) is 32.6 Å². The summed E-state index contributed by atoms with van der Waals surface area (Å²) in [7, 11) is 1.42. The molecular weight excluding hydrogens is 248 g/mol. The number of methoxy groups -OCH3 is 1. The predicted octanol–water partition coefficient (Wildman–Crippen LogP) is 0.215. The number of carbonyl (C=O) groups excluding carboxylic acids is 2. The van der Waals surface area contributed by atoms with E-state index in [1.165, 1.54) is 7.11 Å². The van der Waals surface area contributed by atoms with Gasteiger partial charge < -0.3 is 20.1 Å². The third-order valence-electron chi connectivity index (χ3n) is 3.37. The van der Waals surface area contributed by atoms with Gasteiger partial charge in [0, 0.05) is 13.1 Å². The van der Waals surface area contributed by atoms with E-state index in [2.05, 4.69) is 10.6 Å². The molecule has 0 aromatic carbocycles. The molecule has 1 fully saturated rings. The average molecular weight is 272 g/mol. The van der Waals surface area contributed by atoms with Crippen molar-refractivity contribution in [3.05, 3.63) is 0 Å². The molecule has 0 aliphatic heterocycles. The van der Waals surface area contributed by atoms with Crippen molar-refractivity contribution in [1.82, 2.24) is 10.6 Å². The van der Waals surface area contributed by atoms with Gasteiger partial charge in [-0.2, -0.15) is 0 Å². The van der Waals surface area contributed by atoms with Crippen molar-refractivity contribution < 1.29 is 19.1 Å². The first-order chi connectivity index (χ1) is 9.14. The number of carbonyl (C=O) groups is 2. The van der Waals surface area contributed by atoms with Gasteiger partial charge in [0.2, 0.25) is 0 Å².